The minimum absolute atomic E-state index is 0.00171. The van der Waals surface area contributed by atoms with E-state index in [1.54, 1.807) is 0 Å². The first-order valence-corrected chi connectivity index (χ1v) is 6.60. The van der Waals surface area contributed by atoms with Crippen LogP contribution in [0.15, 0.2) is 12.1 Å². The fourth-order valence-electron chi connectivity index (χ4n) is 2.11. The van der Waals surface area contributed by atoms with E-state index in [1.165, 1.54) is 22.3 Å². The fraction of sp³-hybridized carbons (Fsp3) is 0.600. The maximum absolute atomic E-state index is 9.12. The van der Waals surface area contributed by atoms with Gasteiger partial charge in [-0.2, -0.15) is 0 Å². The number of rotatable bonds is 7. The highest BCUT2D eigenvalue weighted by Crippen LogP contribution is 2.15. The van der Waals surface area contributed by atoms with Crippen molar-refractivity contribution in [2.24, 2.45) is 0 Å². The molecular formula is C15H25NO2. The van der Waals surface area contributed by atoms with Gasteiger partial charge in [0.25, 0.3) is 0 Å². The van der Waals surface area contributed by atoms with Gasteiger partial charge >= 0.3 is 0 Å². The molecule has 102 valence electrons. The quantitative estimate of drug-likeness (QED) is 0.688. The molecule has 0 amide bonds. The third-order valence-electron chi connectivity index (χ3n) is 3.48. The van der Waals surface area contributed by atoms with Gasteiger partial charge in [0.1, 0.15) is 0 Å². The van der Waals surface area contributed by atoms with Crippen LogP contribution in [0.25, 0.3) is 0 Å². The van der Waals surface area contributed by atoms with Crippen molar-refractivity contribution < 1.29 is 10.2 Å². The first-order valence-electron chi connectivity index (χ1n) is 6.60. The first-order chi connectivity index (χ1) is 8.58. The Kier molecular flexibility index (Phi) is 6.33. The Bertz CT molecular complexity index is 377. The summed E-state index contributed by atoms with van der Waals surface area (Å²) in [6.07, 6.45) is 1.55. The predicted octanol–water partition coefficient (Wildman–Crippen LogP) is 1.49. The van der Waals surface area contributed by atoms with Crippen LogP contribution in [0.2, 0.25) is 0 Å². The average molecular weight is 251 g/mol. The van der Waals surface area contributed by atoms with Crippen LogP contribution in [0.4, 0.5) is 0 Å². The van der Waals surface area contributed by atoms with Crippen molar-refractivity contribution in [2.45, 2.75) is 39.7 Å². The maximum Gasteiger partial charge on any atom is 0.0585 e. The van der Waals surface area contributed by atoms with Crippen molar-refractivity contribution in [1.29, 1.82) is 0 Å². The molecule has 0 saturated carbocycles. The minimum Gasteiger partial charge on any atom is -0.396 e. The normalized spacial score (nSPS) is 12.7. The lowest BCUT2D eigenvalue weighted by molar-refractivity contribution is 0.201. The Morgan fingerprint density at radius 1 is 1.06 bits per heavy atom. The lowest BCUT2D eigenvalue weighted by Gasteiger charge is -2.16. The second-order valence-corrected chi connectivity index (χ2v) is 4.96. The van der Waals surface area contributed by atoms with Gasteiger partial charge < -0.3 is 15.5 Å². The van der Waals surface area contributed by atoms with Crippen LogP contribution in [0.5, 0.6) is 0 Å². The molecule has 3 heteroatoms. The largest absolute Gasteiger partial charge is 0.396 e. The van der Waals surface area contributed by atoms with Crippen molar-refractivity contribution in [3.8, 4) is 0 Å². The van der Waals surface area contributed by atoms with E-state index in [2.05, 4.69) is 38.2 Å². The van der Waals surface area contributed by atoms with E-state index in [4.69, 9.17) is 10.2 Å². The number of aryl methyl sites for hydroxylation is 3. The standard InChI is InChI=1S/C15H25NO2/c1-11-8-13(3)14(9-12(11)2)4-6-16-15(10-18)5-7-17/h8-9,15-18H,4-7,10H2,1-3H3. The number of aliphatic hydroxyl groups is 2. The van der Waals surface area contributed by atoms with Gasteiger partial charge in [0.2, 0.25) is 0 Å². The molecule has 0 aromatic heterocycles. The lowest BCUT2D eigenvalue weighted by atomic mass is 9.99. The highest BCUT2D eigenvalue weighted by Gasteiger charge is 2.06. The number of aliphatic hydroxyl groups excluding tert-OH is 2. The van der Waals surface area contributed by atoms with Gasteiger partial charge in [-0.05, 0) is 62.4 Å². The van der Waals surface area contributed by atoms with Crippen molar-refractivity contribution in [1.82, 2.24) is 5.32 Å². The van der Waals surface area contributed by atoms with Gasteiger partial charge in [0.15, 0.2) is 0 Å². The van der Waals surface area contributed by atoms with Gasteiger partial charge in [0, 0.05) is 12.6 Å². The summed E-state index contributed by atoms with van der Waals surface area (Å²) in [6, 6.07) is 4.47. The maximum atomic E-state index is 9.12. The summed E-state index contributed by atoms with van der Waals surface area (Å²) in [6.45, 7) is 7.42. The fourth-order valence-corrected chi connectivity index (χ4v) is 2.11. The monoisotopic (exact) mass is 251 g/mol. The Morgan fingerprint density at radius 3 is 2.33 bits per heavy atom. The van der Waals surface area contributed by atoms with Crippen molar-refractivity contribution in [3.05, 3.63) is 34.4 Å². The molecule has 0 heterocycles. The summed E-state index contributed by atoms with van der Waals surface area (Å²) in [4.78, 5) is 0. The van der Waals surface area contributed by atoms with Crippen molar-refractivity contribution in [3.63, 3.8) is 0 Å². The van der Waals surface area contributed by atoms with E-state index in [1.807, 2.05) is 0 Å². The third kappa shape index (κ3) is 4.41. The molecule has 3 N–H and O–H groups in total. The van der Waals surface area contributed by atoms with Gasteiger partial charge in [-0.25, -0.2) is 0 Å². The number of nitrogens with one attached hydrogen (secondary N) is 1. The highest BCUT2D eigenvalue weighted by molar-refractivity contribution is 5.36. The zero-order valence-corrected chi connectivity index (χ0v) is 11.7. The number of hydrogen-bond acceptors (Lipinski definition) is 3. The summed E-state index contributed by atoms with van der Waals surface area (Å²) < 4.78 is 0. The van der Waals surface area contributed by atoms with Crippen LogP contribution in [-0.4, -0.2) is 36.0 Å². The Balaban J connectivity index is 2.51. The van der Waals surface area contributed by atoms with Crippen LogP contribution < -0.4 is 5.32 Å². The summed E-state index contributed by atoms with van der Waals surface area (Å²) in [7, 11) is 0. The van der Waals surface area contributed by atoms with Crippen molar-refractivity contribution >= 4 is 0 Å². The molecule has 0 radical (unpaired) electrons. The number of hydrogen-bond donors (Lipinski definition) is 3. The zero-order valence-electron chi connectivity index (χ0n) is 11.7. The lowest BCUT2D eigenvalue weighted by Crippen LogP contribution is -2.34. The number of benzene rings is 1. The van der Waals surface area contributed by atoms with E-state index in [9.17, 15) is 0 Å². The Hall–Kier alpha value is -0.900. The van der Waals surface area contributed by atoms with E-state index >= 15 is 0 Å². The third-order valence-corrected chi connectivity index (χ3v) is 3.48. The summed E-state index contributed by atoms with van der Waals surface area (Å²) >= 11 is 0. The van der Waals surface area contributed by atoms with Crippen molar-refractivity contribution in [2.75, 3.05) is 19.8 Å². The molecule has 1 rings (SSSR count). The van der Waals surface area contributed by atoms with Crippen LogP contribution in [0.3, 0.4) is 0 Å². The second kappa shape index (κ2) is 7.52. The molecule has 0 saturated heterocycles. The molecule has 0 spiro atoms. The Morgan fingerprint density at radius 2 is 1.72 bits per heavy atom. The molecule has 0 fully saturated rings. The smallest absolute Gasteiger partial charge is 0.0585 e. The second-order valence-electron chi connectivity index (χ2n) is 4.96. The van der Waals surface area contributed by atoms with Crippen LogP contribution in [0, 0.1) is 20.8 Å². The molecule has 1 aromatic rings. The summed E-state index contributed by atoms with van der Waals surface area (Å²) in [5, 5.41) is 21.2. The molecule has 0 aliphatic heterocycles. The first kappa shape index (κ1) is 15.2. The van der Waals surface area contributed by atoms with Crippen LogP contribution >= 0.6 is 0 Å². The highest BCUT2D eigenvalue weighted by atomic mass is 16.3. The molecule has 0 bridgehead atoms. The SMILES string of the molecule is Cc1cc(C)c(CCNC(CO)CCO)cc1C. The average Bonchev–Trinajstić information content (AvgIpc) is 2.34. The van der Waals surface area contributed by atoms with Gasteiger partial charge in [0.05, 0.1) is 6.61 Å². The molecule has 1 atom stereocenters. The molecule has 3 nitrogen and oxygen atoms in total. The predicted molar refractivity (Wildman–Crippen MR) is 74.9 cm³/mol. The van der Waals surface area contributed by atoms with E-state index < -0.39 is 0 Å². The van der Waals surface area contributed by atoms with Crippen LogP contribution in [-0.2, 0) is 6.42 Å². The summed E-state index contributed by atoms with van der Waals surface area (Å²) in [5.74, 6) is 0. The minimum atomic E-state index is 0.00171. The molecular weight excluding hydrogens is 226 g/mol. The molecule has 0 aliphatic rings. The van der Waals surface area contributed by atoms with E-state index in [-0.39, 0.29) is 19.3 Å². The Labute approximate surface area is 110 Å². The zero-order chi connectivity index (χ0) is 13.5. The molecule has 0 aliphatic carbocycles. The van der Waals surface area contributed by atoms with E-state index in [0.717, 1.165) is 13.0 Å². The van der Waals surface area contributed by atoms with E-state index in [0.29, 0.717) is 6.42 Å². The van der Waals surface area contributed by atoms with Gasteiger partial charge in [-0.1, -0.05) is 12.1 Å². The molecule has 1 unspecified atom stereocenters. The van der Waals surface area contributed by atoms with Crippen LogP contribution in [0.1, 0.15) is 28.7 Å². The molecule has 18 heavy (non-hydrogen) atoms. The molecule has 1 aromatic carbocycles. The van der Waals surface area contributed by atoms with Gasteiger partial charge in [-0.3, -0.25) is 0 Å². The summed E-state index contributed by atoms with van der Waals surface area (Å²) in [5.41, 5.74) is 5.33. The van der Waals surface area contributed by atoms with Gasteiger partial charge in [-0.15, -0.1) is 0 Å². The topological polar surface area (TPSA) is 52.5 Å².